The fourth-order valence-corrected chi connectivity index (χ4v) is 5.32. The lowest BCUT2D eigenvalue weighted by molar-refractivity contribution is -0.119. The summed E-state index contributed by atoms with van der Waals surface area (Å²) in [4.78, 5) is 25.4. The van der Waals surface area contributed by atoms with Crippen LogP contribution in [0.3, 0.4) is 0 Å². The Kier molecular flexibility index (Phi) is 7.51. The molecule has 1 fully saturated rings. The number of hydrogen-bond acceptors (Lipinski definition) is 7. The second-order valence-corrected chi connectivity index (χ2v) is 9.44. The number of methoxy groups -OCH3 is 3. The quantitative estimate of drug-likeness (QED) is 0.521. The zero-order valence-corrected chi connectivity index (χ0v) is 21.8. The maximum Gasteiger partial charge on any atom is 0.221 e. The zero-order valence-electron chi connectivity index (χ0n) is 19.7. The van der Waals surface area contributed by atoms with E-state index in [4.69, 9.17) is 23.7 Å². The molecule has 0 spiro atoms. The number of amides is 1. The van der Waals surface area contributed by atoms with Gasteiger partial charge in [0.2, 0.25) is 17.1 Å². The Morgan fingerprint density at radius 3 is 2.44 bits per heavy atom. The molecule has 2 atom stereocenters. The van der Waals surface area contributed by atoms with Crippen molar-refractivity contribution in [1.82, 2.24) is 5.32 Å². The summed E-state index contributed by atoms with van der Waals surface area (Å²) < 4.78 is 29.2. The lowest BCUT2D eigenvalue weighted by Gasteiger charge is -2.19. The van der Waals surface area contributed by atoms with Crippen LogP contribution in [-0.4, -0.2) is 46.6 Å². The normalized spacial score (nSPS) is 18.9. The number of halogens is 1. The van der Waals surface area contributed by atoms with Crippen molar-refractivity contribution in [2.75, 3.05) is 34.5 Å². The minimum atomic E-state index is -0.361. The van der Waals surface area contributed by atoms with Gasteiger partial charge in [0.15, 0.2) is 17.2 Å². The highest BCUT2D eigenvalue weighted by molar-refractivity contribution is 14.1. The predicted molar refractivity (Wildman–Crippen MR) is 135 cm³/mol. The minimum Gasteiger partial charge on any atom is -0.493 e. The standard InChI is InChI=1S/C25H28INO7/c1-13(28)27-19-6-5-14-9-21(30-2)24(31-3)25(32-4)22(14)17-10-18(26)23(20(29)11-16(17)19)34-15-7-8-33-12-15/h9-11,15,19H,5-8,12H2,1-4H3,(H,27,28)/t15-,19+/m1/s1. The largest absolute Gasteiger partial charge is 0.493 e. The van der Waals surface area contributed by atoms with Crippen LogP contribution in [0.4, 0.5) is 0 Å². The molecule has 0 aromatic heterocycles. The molecule has 1 N–H and O–H groups in total. The average Bonchev–Trinajstić information content (AvgIpc) is 3.25. The molecular formula is C25H28INO7. The summed E-state index contributed by atoms with van der Waals surface area (Å²) in [5, 5.41) is 3.02. The van der Waals surface area contributed by atoms with E-state index in [0.717, 1.165) is 23.1 Å². The van der Waals surface area contributed by atoms with Gasteiger partial charge in [0.25, 0.3) is 0 Å². The van der Waals surface area contributed by atoms with E-state index in [1.165, 1.54) is 6.92 Å². The number of nitrogens with one attached hydrogen (secondary N) is 1. The van der Waals surface area contributed by atoms with E-state index in [1.807, 2.05) is 12.1 Å². The summed E-state index contributed by atoms with van der Waals surface area (Å²) in [6.07, 6.45) is 1.81. The van der Waals surface area contributed by atoms with Gasteiger partial charge in [-0.1, -0.05) is 0 Å². The van der Waals surface area contributed by atoms with E-state index < -0.39 is 0 Å². The first-order valence-electron chi connectivity index (χ1n) is 11.1. The van der Waals surface area contributed by atoms with Crippen molar-refractivity contribution < 1.29 is 28.5 Å². The number of fused-ring (bicyclic) bond motifs is 3. The molecule has 2 aromatic rings. The van der Waals surface area contributed by atoms with Gasteiger partial charge >= 0.3 is 0 Å². The van der Waals surface area contributed by atoms with Gasteiger partial charge in [-0.3, -0.25) is 9.59 Å². The van der Waals surface area contributed by atoms with Crippen LogP contribution in [0.2, 0.25) is 0 Å². The van der Waals surface area contributed by atoms with Crippen LogP contribution in [-0.2, 0) is 16.0 Å². The highest BCUT2D eigenvalue weighted by atomic mass is 127. The maximum atomic E-state index is 13.4. The number of rotatable bonds is 6. The molecule has 2 aromatic carbocycles. The van der Waals surface area contributed by atoms with E-state index in [0.29, 0.717) is 52.4 Å². The van der Waals surface area contributed by atoms with Crippen molar-refractivity contribution in [2.45, 2.75) is 38.3 Å². The first-order valence-corrected chi connectivity index (χ1v) is 12.2. The first kappa shape index (κ1) is 24.6. The van der Waals surface area contributed by atoms with Crippen molar-refractivity contribution in [1.29, 1.82) is 0 Å². The van der Waals surface area contributed by atoms with Gasteiger partial charge in [-0.2, -0.15) is 0 Å². The highest BCUT2D eigenvalue weighted by Gasteiger charge is 2.30. The lowest BCUT2D eigenvalue weighted by atomic mass is 9.95. The molecule has 1 saturated heterocycles. The number of hydrogen-bond donors (Lipinski definition) is 1. The van der Waals surface area contributed by atoms with Gasteiger partial charge in [0.1, 0.15) is 6.10 Å². The Hall–Kier alpha value is -2.53. The molecular weight excluding hydrogens is 553 g/mol. The van der Waals surface area contributed by atoms with Crippen LogP contribution in [0.5, 0.6) is 23.0 Å². The molecule has 8 nitrogen and oxygen atoms in total. The van der Waals surface area contributed by atoms with Crippen LogP contribution < -0.4 is 29.7 Å². The molecule has 1 heterocycles. The minimum absolute atomic E-state index is 0.166. The van der Waals surface area contributed by atoms with E-state index in [1.54, 1.807) is 27.4 Å². The summed E-state index contributed by atoms with van der Waals surface area (Å²) in [7, 11) is 4.72. The molecule has 9 heteroatoms. The molecule has 4 rings (SSSR count). The van der Waals surface area contributed by atoms with E-state index in [9.17, 15) is 9.59 Å². The molecule has 1 aliphatic carbocycles. The van der Waals surface area contributed by atoms with E-state index in [2.05, 4.69) is 27.9 Å². The van der Waals surface area contributed by atoms with Gasteiger partial charge in [-0.25, -0.2) is 0 Å². The molecule has 0 unspecified atom stereocenters. The predicted octanol–water partition coefficient (Wildman–Crippen LogP) is 3.64. The molecule has 0 bridgehead atoms. The highest BCUT2D eigenvalue weighted by Crippen LogP contribution is 2.50. The number of carbonyl (C=O) groups is 1. The molecule has 34 heavy (non-hydrogen) atoms. The average molecular weight is 581 g/mol. The Labute approximate surface area is 212 Å². The van der Waals surface area contributed by atoms with Gasteiger partial charge in [0.05, 0.1) is 44.2 Å². The number of benzene rings is 1. The van der Waals surface area contributed by atoms with Crippen LogP contribution in [0.25, 0.3) is 11.1 Å². The summed E-state index contributed by atoms with van der Waals surface area (Å²) in [5.41, 5.74) is 3.04. The lowest BCUT2D eigenvalue weighted by Crippen LogP contribution is -2.26. The summed E-state index contributed by atoms with van der Waals surface area (Å²) in [6, 6.07) is 5.08. The Morgan fingerprint density at radius 2 is 1.82 bits per heavy atom. The van der Waals surface area contributed by atoms with Gasteiger partial charge in [0, 0.05) is 18.9 Å². The summed E-state index contributed by atoms with van der Waals surface area (Å²) in [5.74, 6) is 1.66. The Morgan fingerprint density at radius 1 is 1.06 bits per heavy atom. The topological polar surface area (TPSA) is 92.3 Å². The van der Waals surface area contributed by atoms with Gasteiger partial charge in [-0.15, -0.1) is 0 Å². The molecule has 0 radical (unpaired) electrons. The van der Waals surface area contributed by atoms with Gasteiger partial charge < -0.3 is 29.0 Å². The Balaban J connectivity index is 2.01. The van der Waals surface area contributed by atoms with Crippen molar-refractivity contribution in [3.63, 3.8) is 0 Å². The maximum absolute atomic E-state index is 13.4. The molecule has 1 aliphatic heterocycles. The van der Waals surface area contributed by atoms with Crippen LogP contribution in [0.1, 0.15) is 36.9 Å². The number of ether oxygens (including phenoxy) is 5. The number of carbonyl (C=O) groups excluding carboxylic acids is 1. The van der Waals surface area contributed by atoms with Crippen molar-refractivity contribution >= 4 is 28.5 Å². The monoisotopic (exact) mass is 581 g/mol. The third-order valence-electron chi connectivity index (χ3n) is 6.12. The summed E-state index contributed by atoms with van der Waals surface area (Å²) in [6.45, 7) is 2.54. The SMILES string of the molecule is COc1cc2c(c(OC)c1OC)-c1cc(I)c(O[C@@H]3CCOC3)c(=O)cc1[C@@H](NC(C)=O)CC2. The second-order valence-electron chi connectivity index (χ2n) is 8.27. The third kappa shape index (κ3) is 4.68. The van der Waals surface area contributed by atoms with E-state index in [-0.39, 0.29) is 29.2 Å². The third-order valence-corrected chi connectivity index (χ3v) is 6.92. The second kappa shape index (κ2) is 10.4. The van der Waals surface area contributed by atoms with Crippen LogP contribution >= 0.6 is 22.6 Å². The molecule has 2 aliphatic rings. The Bertz CT molecular complexity index is 1160. The fourth-order valence-electron chi connectivity index (χ4n) is 4.62. The number of aryl methyl sites for hydroxylation is 1. The molecule has 0 saturated carbocycles. The van der Waals surface area contributed by atoms with Crippen LogP contribution in [0, 0.1) is 3.57 Å². The first-order chi connectivity index (χ1) is 16.4. The van der Waals surface area contributed by atoms with Crippen LogP contribution in [0.15, 0.2) is 23.0 Å². The van der Waals surface area contributed by atoms with Crippen molar-refractivity contribution in [3.8, 4) is 34.1 Å². The van der Waals surface area contributed by atoms with Gasteiger partial charge in [-0.05, 0) is 70.3 Å². The molecule has 1 amide bonds. The smallest absolute Gasteiger partial charge is 0.221 e. The summed E-state index contributed by atoms with van der Waals surface area (Å²) >= 11 is 2.13. The van der Waals surface area contributed by atoms with E-state index >= 15 is 0 Å². The van der Waals surface area contributed by atoms with Crippen molar-refractivity contribution in [2.24, 2.45) is 0 Å². The van der Waals surface area contributed by atoms with Crippen molar-refractivity contribution in [3.05, 3.63) is 43.1 Å². The molecule has 182 valence electrons. The fraction of sp³-hybridized carbons (Fsp3) is 0.440. The zero-order chi connectivity index (χ0) is 24.4.